The maximum Gasteiger partial charge on any atom is 0.205 e. The van der Waals surface area contributed by atoms with Crippen molar-refractivity contribution in [3.05, 3.63) is 94.2 Å². The molecule has 1 aromatic heterocycles. The molecule has 0 saturated carbocycles. The van der Waals surface area contributed by atoms with Gasteiger partial charge in [0.15, 0.2) is 6.10 Å². The SMILES string of the molecule is O=C(c1cccnc1)C(Cc1ccccc1)Oc1ccc(Cl)cc1Cl. The van der Waals surface area contributed by atoms with E-state index in [4.69, 9.17) is 27.9 Å². The van der Waals surface area contributed by atoms with Crippen molar-refractivity contribution in [2.45, 2.75) is 12.5 Å². The third kappa shape index (κ3) is 4.59. The third-order valence-electron chi connectivity index (χ3n) is 3.67. The van der Waals surface area contributed by atoms with Crippen LogP contribution in [0, 0.1) is 0 Å². The lowest BCUT2D eigenvalue weighted by molar-refractivity contribution is 0.0792. The lowest BCUT2D eigenvalue weighted by atomic mass is 10.0. The first kappa shape index (κ1) is 17.5. The van der Waals surface area contributed by atoms with Gasteiger partial charge < -0.3 is 4.74 Å². The monoisotopic (exact) mass is 371 g/mol. The molecule has 5 heteroatoms. The predicted molar refractivity (Wildman–Crippen MR) is 99.6 cm³/mol. The maximum atomic E-state index is 12.9. The molecule has 1 unspecified atom stereocenters. The number of ketones is 1. The minimum absolute atomic E-state index is 0.150. The van der Waals surface area contributed by atoms with Gasteiger partial charge >= 0.3 is 0 Å². The Morgan fingerprint density at radius 2 is 1.84 bits per heavy atom. The van der Waals surface area contributed by atoms with Crippen LogP contribution in [-0.4, -0.2) is 16.9 Å². The predicted octanol–water partition coefficient (Wildman–Crippen LogP) is 5.26. The highest BCUT2D eigenvalue weighted by Crippen LogP contribution is 2.29. The topological polar surface area (TPSA) is 39.2 Å². The van der Waals surface area contributed by atoms with Crippen LogP contribution in [0.1, 0.15) is 15.9 Å². The van der Waals surface area contributed by atoms with Gasteiger partial charge in [-0.2, -0.15) is 0 Å². The second-order valence-corrected chi connectivity index (χ2v) is 6.32. The van der Waals surface area contributed by atoms with Crippen molar-refractivity contribution < 1.29 is 9.53 Å². The summed E-state index contributed by atoms with van der Waals surface area (Å²) in [6, 6.07) is 18.1. The number of carbonyl (C=O) groups is 1. The number of Topliss-reactive ketones (excluding diaryl/α,β-unsaturated/α-hetero) is 1. The van der Waals surface area contributed by atoms with E-state index in [0.717, 1.165) is 5.56 Å². The summed E-state index contributed by atoms with van der Waals surface area (Å²) in [5.41, 5.74) is 1.49. The Bertz CT molecular complexity index is 854. The number of hydrogen-bond acceptors (Lipinski definition) is 3. The summed E-state index contributed by atoms with van der Waals surface area (Å²) in [6.07, 6.45) is 2.87. The Morgan fingerprint density at radius 3 is 2.52 bits per heavy atom. The molecule has 3 rings (SSSR count). The molecule has 3 nitrogen and oxygen atoms in total. The fourth-order valence-electron chi connectivity index (χ4n) is 2.43. The second kappa shape index (κ2) is 8.15. The fraction of sp³-hybridized carbons (Fsp3) is 0.100. The number of pyridine rings is 1. The minimum atomic E-state index is -0.717. The van der Waals surface area contributed by atoms with E-state index in [9.17, 15) is 4.79 Å². The normalized spacial score (nSPS) is 11.8. The summed E-state index contributed by atoms with van der Waals surface area (Å²) in [5.74, 6) is 0.271. The molecular formula is C20H15Cl2NO2. The van der Waals surface area contributed by atoms with Crippen LogP contribution < -0.4 is 4.74 Å². The lowest BCUT2D eigenvalue weighted by Gasteiger charge is -2.19. The van der Waals surface area contributed by atoms with Crippen LogP contribution >= 0.6 is 23.2 Å². The van der Waals surface area contributed by atoms with Crippen molar-refractivity contribution in [2.75, 3.05) is 0 Å². The summed E-state index contributed by atoms with van der Waals surface area (Å²) in [4.78, 5) is 16.9. The van der Waals surface area contributed by atoms with Crippen molar-refractivity contribution in [3.63, 3.8) is 0 Å². The van der Waals surface area contributed by atoms with Gasteiger partial charge in [0.1, 0.15) is 5.75 Å². The molecule has 0 saturated heterocycles. The van der Waals surface area contributed by atoms with E-state index in [2.05, 4.69) is 4.98 Å². The number of ether oxygens (including phenoxy) is 1. The molecule has 0 amide bonds. The zero-order valence-electron chi connectivity index (χ0n) is 13.2. The minimum Gasteiger partial charge on any atom is -0.480 e. The Kier molecular flexibility index (Phi) is 5.69. The molecule has 0 spiro atoms. The molecular weight excluding hydrogens is 357 g/mol. The number of rotatable bonds is 6. The third-order valence-corrected chi connectivity index (χ3v) is 4.20. The van der Waals surface area contributed by atoms with Gasteiger partial charge in [0, 0.05) is 29.4 Å². The number of benzene rings is 2. The average molecular weight is 372 g/mol. The number of aromatic nitrogens is 1. The van der Waals surface area contributed by atoms with Gasteiger partial charge in [0.05, 0.1) is 5.02 Å². The lowest BCUT2D eigenvalue weighted by Crippen LogP contribution is -2.30. The van der Waals surface area contributed by atoms with Crippen LogP contribution in [0.25, 0.3) is 0 Å². The Balaban J connectivity index is 1.89. The smallest absolute Gasteiger partial charge is 0.205 e. The Labute approximate surface area is 156 Å². The number of nitrogens with zero attached hydrogens (tertiary/aromatic N) is 1. The molecule has 1 heterocycles. The molecule has 0 aliphatic heterocycles. The standard InChI is InChI=1S/C20H15Cl2NO2/c21-16-8-9-18(17(22)12-16)25-19(11-14-5-2-1-3-6-14)20(24)15-7-4-10-23-13-15/h1-10,12-13,19H,11H2. The average Bonchev–Trinajstić information content (AvgIpc) is 2.64. The summed E-state index contributed by atoms with van der Waals surface area (Å²) in [7, 11) is 0. The zero-order chi connectivity index (χ0) is 17.6. The highest BCUT2D eigenvalue weighted by Gasteiger charge is 2.23. The molecule has 3 aromatic rings. The van der Waals surface area contributed by atoms with Crippen molar-refractivity contribution in [1.82, 2.24) is 4.98 Å². The van der Waals surface area contributed by atoms with E-state index in [1.807, 2.05) is 30.3 Å². The zero-order valence-corrected chi connectivity index (χ0v) is 14.7. The molecule has 126 valence electrons. The second-order valence-electron chi connectivity index (χ2n) is 5.48. The van der Waals surface area contributed by atoms with Crippen LogP contribution in [-0.2, 0) is 6.42 Å². The number of halogens is 2. The first-order valence-corrected chi connectivity index (χ1v) is 8.49. The molecule has 0 radical (unpaired) electrons. The van der Waals surface area contributed by atoms with E-state index >= 15 is 0 Å². The molecule has 0 bridgehead atoms. The highest BCUT2D eigenvalue weighted by molar-refractivity contribution is 6.35. The van der Waals surface area contributed by atoms with Gasteiger partial charge in [-0.15, -0.1) is 0 Å². The molecule has 0 aliphatic rings. The first-order valence-electron chi connectivity index (χ1n) is 7.73. The van der Waals surface area contributed by atoms with Crippen LogP contribution in [0.15, 0.2) is 73.1 Å². The maximum absolute atomic E-state index is 12.9. The van der Waals surface area contributed by atoms with Crippen molar-refractivity contribution in [1.29, 1.82) is 0 Å². The summed E-state index contributed by atoms with van der Waals surface area (Å²) >= 11 is 12.1. The van der Waals surface area contributed by atoms with E-state index in [-0.39, 0.29) is 5.78 Å². The Hall–Kier alpha value is -2.36. The summed E-state index contributed by atoms with van der Waals surface area (Å²) < 4.78 is 5.95. The van der Waals surface area contributed by atoms with Crippen LogP contribution in [0.4, 0.5) is 0 Å². The van der Waals surface area contributed by atoms with Crippen molar-refractivity contribution in [2.24, 2.45) is 0 Å². The molecule has 2 aromatic carbocycles. The van der Waals surface area contributed by atoms with Gasteiger partial charge in [-0.25, -0.2) is 0 Å². The van der Waals surface area contributed by atoms with E-state index in [1.165, 1.54) is 6.20 Å². The van der Waals surface area contributed by atoms with E-state index < -0.39 is 6.10 Å². The number of hydrogen-bond donors (Lipinski definition) is 0. The summed E-state index contributed by atoms with van der Waals surface area (Å²) in [6.45, 7) is 0. The van der Waals surface area contributed by atoms with Gasteiger partial charge in [0.2, 0.25) is 5.78 Å². The van der Waals surface area contributed by atoms with Crippen molar-refractivity contribution >= 4 is 29.0 Å². The molecule has 0 aliphatic carbocycles. The highest BCUT2D eigenvalue weighted by atomic mass is 35.5. The van der Waals surface area contributed by atoms with E-state index in [1.54, 1.807) is 36.5 Å². The summed E-state index contributed by atoms with van der Waals surface area (Å²) in [5, 5.41) is 0.875. The van der Waals surface area contributed by atoms with Crippen LogP contribution in [0.5, 0.6) is 5.75 Å². The van der Waals surface area contributed by atoms with Crippen LogP contribution in [0.3, 0.4) is 0 Å². The van der Waals surface area contributed by atoms with Gasteiger partial charge in [-0.1, -0.05) is 53.5 Å². The quantitative estimate of drug-likeness (QED) is 0.554. The van der Waals surface area contributed by atoms with Gasteiger partial charge in [0.25, 0.3) is 0 Å². The van der Waals surface area contributed by atoms with Gasteiger partial charge in [-0.05, 0) is 35.9 Å². The number of carbonyl (C=O) groups excluding carboxylic acids is 1. The van der Waals surface area contributed by atoms with Gasteiger partial charge in [-0.3, -0.25) is 9.78 Å². The fourth-order valence-corrected chi connectivity index (χ4v) is 2.89. The molecule has 25 heavy (non-hydrogen) atoms. The molecule has 1 atom stereocenters. The molecule has 0 N–H and O–H groups in total. The first-order chi connectivity index (χ1) is 12.1. The van der Waals surface area contributed by atoms with Crippen molar-refractivity contribution in [3.8, 4) is 5.75 Å². The Morgan fingerprint density at radius 1 is 1.04 bits per heavy atom. The molecule has 0 fully saturated rings. The largest absolute Gasteiger partial charge is 0.480 e. The van der Waals surface area contributed by atoms with E-state index in [0.29, 0.717) is 27.8 Å². The van der Waals surface area contributed by atoms with Crippen LogP contribution in [0.2, 0.25) is 10.0 Å².